The summed E-state index contributed by atoms with van der Waals surface area (Å²) in [5.41, 5.74) is -0.224. The number of carbonyl (C=O) groups is 1. The van der Waals surface area contributed by atoms with Crippen LogP contribution in [0.5, 0.6) is 0 Å². The Bertz CT molecular complexity index is 556. The number of amides is 1. The average molecular weight is 278 g/mol. The first-order valence-electron chi connectivity index (χ1n) is 6.81. The number of aromatic nitrogens is 1. The summed E-state index contributed by atoms with van der Waals surface area (Å²) in [6.07, 6.45) is 2.63. The largest absolute Gasteiger partial charge is 0.384 e. The van der Waals surface area contributed by atoms with E-state index < -0.39 is 0 Å². The molecular weight excluding hydrogens is 260 g/mol. The van der Waals surface area contributed by atoms with E-state index in [1.54, 1.807) is 13.2 Å². The van der Waals surface area contributed by atoms with Gasteiger partial charge < -0.3 is 19.8 Å². The summed E-state index contributed by atoms with van der Waals surface area (Å²) in [7, 11) is 1.64. The van der Waals surface area contributed by atoms with Gasteiger partial charge >= 0.3 is 0 Å². The SMILES string of the molecule is COC[C@H]1[C@@H](NC(=O)c2ccc[nH]c2=O)[C@H]2CCO[C@H]21. The Morgan fingerprint density at radius 2 is 2.45 bits per heavy atom. The number of nitrogens with one attached hydrogen (secondary N) is 2. The molecule has 1 saturated heterocycles. The maximum absolute atomic E-state index is 12.2. The molecule has 1 amide bonds. The minimum absolute atomic E-state index is 0.0227. The molecule has 6 heteroatoms. The Balaban J connectivity index is 1.72. The summed E-state index contributed by atoms with van der Waals surface area (Å²) in [5, 5.41) is 2.96. The van der Waals surface area contributed by atoms with Gasteiger partial charge in [-0.25, -0.2) is 0 Å². The predicted molar refractivity (Wildman–Crippen MR) is 71.5 cm³/mol. The number of aromatic amines is 1. The van der Waals surface area contributed by atoms with Crippen molar-refractivity contribution >= 4 is 5.91 Å². The van der Waals surface area contributed by atoms with Gasteiger partial charge in [-0.3, -0.25) is 9.59 Å². The van der Waals surface area contributed by atoms with Crippen LogP contribution in [0.15, 0.2) is 23.1 Å². The minimum Gasteiger partial charge on any atom is -0.384 e. The number of hydrogen-bond donors (Lipinski definition) is 2. The fraction of sp³-hybridized carbons (Fsp3) is 0.571. The van der Waals surface area contributed by atoms with E-state index in [9.17, 15) is 9.59 Å². The van der Waals surface area contributed by atoms with E-state index in [2.05, 4.69) is 10.3 Å². The normalized spacial score (nSPS) is 31.4. The maximum Gasteiger partial charge on any atom is 0.260 e. The van der Waals surface area contributed by atoms with Crippen LogP contribution in [-0.2, 0) is 9.47 Å². The van der Waals surface area contributed by atoms with E-state index in [0.717, 1.165) is 13.0 Å². The molecule has 0 radical (unpaired) electrons. The Hall–Kier alpha value is -1.66. The molecule has 1 aromatic rings. The zero-order valence-corrected chi connectivity index (χ0v) is 11.3. The molecule has 1 aliphatic carbocycles. The van der Waals surface area contributed by atoms with Crippen molar-refractivity contribution in [2.75, 3.05) is 20.3 Å². The molecule has 2 fully saturated rings. The fourth-order valence-electron chi connectivity index (χ4n) is 3.26. The van der Waals surface area contributed by atoms with Crippen LogP contribution in [0.3, 0.4) is 0 Å². The van der Waals surface area contributed by atoms with Crippen LogP contribution in [0.1, 0.15) is 16.8 Å². The number of carbonyl (C=O) groups excluding carboxylic acids is 1. The molecule has 2 heterocycles. The molecule has 0 unspecified atom stereocenters. The van der Waals surface area contributed by atoms with Gasteiger partial charge in [0, 0.05) is 37.8 Å². The standard InChI is InChI=1S/C14H18N2O4/c1-19-7-10-11(8-4-6-20-12(8)10)16-14(18)9-3-2-5-15-13(9)17/h2-3,5,8,10-12H,4,6-7H2,1H3,(H,15,17)(H,16,18)/t8-,10+,11+,12-/m1/s1. The van der Waals surface area contributed by atoms with Crippen LogP contribution in [0, 0.1) is 11.8 Å². The molecule has 4 atom stereocenters. The first-order chi connectivity index (χ1) is 9.72. The molecule has 0 bridgehead atoms. The third-order valence-electron chi connectivity index (χ3n) is 4.25. The monoisotopic (exact) mass is 278 g/mol. The third kappa shape index (κ3) is 2.14. The van der Waals surface area contributed by atoms with Crippen molar-refractivity contribution in [1.82, 2.24) is 10.3 Å². The molecular formula is C14H18N2O4. The van der Waals surface area contributed by atoms with Crippen LogP contribution in [-0.4, -0.2) is 43.4 Å². The summed E-state index contributed by atoms with van der Waals surface area (Å²) < 4.78 is 10.9. The van der Waals surface area contributed by atoms with Crippen molar-refractivity contribution in [3.05, 3.63) is 34.2 Å². The summed E-state index contributed by atoms with van der Waals surface area (Å²) in [5.74, 6) is 0.171. The van der Waals surface area contributed by atoms with E-state index in [1.807, 2.05) is 0 Å². The van der Waals surface area contributed by atoms with Crippen LogP contribution >= 0.6 is 0 Å². The van der Waals surface area contributed by atoms with Crippen LogP contribution in [0.2, 0.25) is 0 Å². The van der Waals surface area contributed by atoms with E-state index in [-0.39, 0.29) is 35.1 Å². The van der Waals surface area contributed by atoms with Crippen molar-refractivity contribution in [2.45, 2.75) is 18.6 Å². The van der Waals surface area contributed by atoms with Gasteiger partial charge in [-0.15, -0.1) is 0 Å². The lowest BCUT2D eigenvalue weighted by molar-refractivity contribution is -0.0809. The molecule has 108 valence electrons. The lowest BCUT2D eigenvalue weighted by atomic mass is 9.67. The summed E-state index contributed by atoms with van der Waals surface area (Å²) in [6, 6.07) is 3.20. The molecule has 1 saturated carbocycles. The second kappa shape index (κ2) is 5.38. The molecule has 3 rings (SSSR count). The van der Waals surface area contributed by atoms with Crippen molar-refractivity contribution in [3.63, 3.8) is 0 Å². The molecule has 0 spiro atoms. The highest BCUT2D eigenvalue weighted by Gasteiger charge is 2.54. The zero-order chi connectivity index (χ0) is 14.1. The zero-order valence-electron chi connectivity index (χ0n) is 11.3. The Morgan fingerprint density at radius 3 is 3.20 bits per heavy atom. The van der Waals surface area contributed by atoms with Gasteiger partial charge in [-0.05, 0) is 18.6 Å². The van der Waals surface area contributed by atoms with Crippen LogP contribution in [0.4, 0.5) is 0 Å². The molecule has 0 aromatic carbocycles. The van der Waals surface area contributed by atoms with Gasteiger partial charge in [-0.2, -0.15) is 0 Å². The minimum atomic E-state index is -0.369. The van der Waals surface area contributed by atoms with E-state index in [4.69, 9.17) is 9.47 Å². The number of H-pyrrole nitrogens is 1. The predicted octanol–water partition coefficient (Wildman–Crippen LogP) is 0.155. The lowest BCUT2D eigenvalue weighted by Crippen LogP contribution is -2.63. The van der Waals surface area contributed by atoms with Gasteiger partial charge in [0.2, 0.25) is 0 Å². The summed E-state index contributed by atoms with van der Waals surface area (Å²) in [6.45, 7) is 1.28. The van der Waals surface area contributed by atoms with Crippen molar-refractivity contribution < 1.29 is 14.3 Å². The Kier molecular flexibility index (Phi) is 3.58. The number of rotatable bonds is 4. The molecule has 6 nitrogen and oxygen atoms in total. The summed E-state index contributed by atoms with van der Waals surface area (Å²) >= 11 is 0. The molecule has 1 aliphatic heterocycles. The van der Waals surface area contributed by atoms with Crippen LogP contribution in [0.25, 0.3) is 0 Å². The highest BCUT2D eigenvalue weighted by Crippen LogP contribution is 2.43. The molecule has 1 aromatic heterocycles. The maximum atomic E-state index is 12.2. The van der Waals surface area contributed by atoms with Gasteiger partial charge in [0.05, 0.1) is 12.7 Å². The number of hydrogen-bond acceptors (Lipinski definition) is 4. The van der Waals surface area contributed by atoms with Crippen molar-refractivity contribution in [1.29, 1.82) is 0 Å². The number of ether oxygens (including phenoxy) is 2. The second-order valence-corrected chi connectivity index (χ2v) is 5.32. The quantitative estimate of drug-likeness (QED) is 0.822. The van der Waals surface area contributed by atoms with Gasteiger partial charge in [0.1, 0.15) is 5.56 Å². The van der Waals surface area contributed by atoms with Gasteiger partial charge in [0.25, 0.3) is 11.5 Å². The lowest BCUT2D eigenvalue weighted by Gasteiger charge is -2.47. The van der Waals surface area contributed by atoms with Crippen molar-refractivity contribution in [2.24, 2.45) is 11.8 Å². The smallest absolute Gasteiger partial charge is 0.260 e. The van der Waals surface area contributed by atoms with Crippen LogP contribution < -0.4 is 10.9 Å². The fourth-order valence-corrected chi connectivity index (χ4v) is 3.26. The number of methoxy groups -OCH3 is 1. The highest BCUT2D eigenvalue weighted by atomic mass is 16.5. The third-order valence-corrected chi connectivity index (χ3v) is 4.25. The van der Waals surface area contributed by atoms with Gasteiger partial charge in [-0.1, -0.05) is 0 Å². The Morgan fingerprint density at radius 1 is 1.60 bits per heavy atom. The number of pyridine rings is 1. The van der Waals surface area contributed by atoms with E-state index in [1.165, 1.54) is 12.3 Å². The number of fused-ring (bicyclic) bond motifs is 1. The van der Waals surface area contributed by atoms with Gasteiger partial charge in [0.15, 0.2) is 0 Å². The molecule has 2 aliphatic rings. The molecule has 20 heavy (non-hydrogen) atoms. The molecule has 2 N–H and O–H groups in total. The second-order valence-electron chi connectivity index (χ2n) is 5.32. The highest BCUT2D eigenvalue weighted by molar-refractivity contribution is 5.94. The topological polar surface area (TPSA) is 80.4 Å². The van der Waals surface area contributed by atoms with E-state index >= 15 is 0 Å². The first kappa shape index (κ1) is 13.3. The Labute approximate surface area is 116 Å². The summed E-state index contributed by atoms with van der Waals surface area (Å²) in [4.78, 5) is 26.3. The van der Waals surface area contributed by atoms with Crippen molar-refractivity contribution in [3.8, 4) is 0 Å². The van der Waals surface area contributed by atoms with E-state index in [0.29, 0.717) is 12.5 Å². The first-order valence-corrected chi connectivity index (χ1v) is 6.81. The average Bonchev–Trinajstić information content (AvgIpc) is 2.87.